The molecule has 35 heavy (non-hydrogen) atoms. The van der Waals surface area contributed by atoms with E-state index in [9.17, 15) is 4.79 Å². The number of fused-ring (bicyclic) bond motifs is 1. The quantitative estimate of drug-likeness (QED) is 0.329. The zero-order valence-electron chi connectivity index (χ0n) is 20.9. The van der Waals surface area contributed by atoms with E-state index in [1.165, 1.54) is 5.56 Å². The van der Waals surface area contributed by atoms with Gasteiger partial charge in [-0.3, -0.25) is 4.79 Å². The predicted molar refractivity (Wildman–Crippen MR) is 139 cm³/mol. The molecule has 1 N–H and O–H groups in total. The minimum absolute atomic E-state index is 0.0420. The molecule has 0 fully saturated rings. The maximum atomic E-state index is 12.5. The summed E-state index contributed by atoms with van der Waals surface area (Å²) in [6.45, 7) is 9.69. The Bertz CT molecular complexity index is 1310. The first-order valence-corrected chi connectivity index (χ1v) is 12.0. The van der Waals surface area contributed by atoms with Gasteiger partial charge in [-0.25, -0.2) is 4.98 Å². The molecule has 1 heterocycles. The van der Waals surface area contributed by atoms with E-state index in [1.807, 2.05) is 74.5 Å². The molecule has 0 aliphatic carbocycles. The van der Waals surface area contributed by atoms with Crippen LogP contribution in [0, 0.1) is 13.8 Å². The predicted octanol–water partition coefficient (Wildman–Crippen LogP) is 5.55. The second-order valence-electron chi connectivity index (χ2n) is 9.04. The minimum Gasteiger partial charge on any atom is -0.491 e. The molecule has 0 aliphatic rings. The molecule has 4 rings (SSSR count). The first-order chi connectivity index (χ1) is 16.9. The van der Waals surface area contributed by atoms with Crippen LogP contribution in [-0.4, -0.2) is 28.7 Å². The van der Waals surface area contributed by atoms with Crippen molar-refractivity contribution in [3.05, 3.63) is 89.2 Å². The van der Waals surface area contributed by atoms with Crippen LogP contribution in [0.5, 0.6) is 11.5 Å². The highest BCUT2D eigenvalue weighted by atomic mass is 16.5. The van der Waals surface area contributed by atoms with E-state index in [4.69, 9.17) is 14.5 Å². The molecule has 1 aromatic heterocycles. The molecule has 182 valence electrons. The number of ether oxygens (including phenoxy) is 2. The number of carbonyl (C=O) groups excluding carboxylic acids is 1. The van der Waals surface area contributed by atoms with E-state index >= 15 is 0 Å². The number of aromatic nitrogens is 2. The molecule has 4 aromatic rings. The Morgan fingerprint density at radius 1 is 0.971 bits per heavy atom. The number of aryl methyl sites for hydroxylation is 2. The summed E-state index contributed by atoms with van der Waals surface area (Å²) < 4.78 is 14.0. The average Bonchev–Trinajstić information content (AvgIpc) is 3.21. The van der Waals surface area contributed by atoms with Gasteiger partial charge in [0, 0.05) is 0 Å². The van der Waals surface area contributed by atoms with Gasteiger partial charge in [0.05, 0.1) is 24.1 Å². The highest BCUT2D eigenvalue weighted by Crippen LogP contribution is 2.26. The van der Waals surface area contributed by atoms with Gasteiger partial charge in [0.15, 0.2) is 6.61 Å². The monoisotopic (exact) mass is 471 g/mol. The summed E-state index contributed by atoms with van der Waals surface area (Å²) in [5.74, 6) is 2.62. The fourth-order valence-corrected chi connectivity index (χ4v) is 4.08. The number of benzene rings is 3. The average molecular weight is 472 g/mol. The van der Waals surface area contributed by atoms with Gasteiger partial charge >= 0.3 is 0 Å². The first-order valence-electron chi connectivity index (χ1n) is 12.0. The summed E-state index contributed by atoms with van der Waals surface area (Å²) in [4.78, 5) is 17.3. The maximum Gasteiger partial charge on any atom is 0.258 e. The van der Waals surface area contributed by atoms with Crippen LogP contribution in [0.3, 0.4) is 0 Å². The second-order valence-corrected chi connectivity index (χ2v) is 9.04. The van der Waals surface area contributed by atoms with Crippen LogP contribution in [0.2, 0.25) is 0 Å². The van der Waals surface area contributed by atoms with Crippen molar-refractivity contribution in [3.8, 4) is 11.5 Å². The third-order valence-corrected chi connectivity index (χ3v) is 5.99. The van der Waals surface area contributed by atoms with Gasteiger partial charge in [-0.15, -0.1) is 0 Å². The number of nitrogens with one attached hydrogen (secondary N) is 1. The van der Waals surface area contributed by atoms with Gasteiger partial charge in [0.25, 0.3) is 5.91 Å². The molecule has 0 aliphatic heterocycles. The van der Waals surface area contributed by atoms with Crippen molar-refractivity contribution in [2.24, 2.45) is 0 Å². The lowest BCUT2D eigenvalue weighted by atomic mass is 10.0. The van der Waals surface area contributed by atoms with Gasteiger partial charge in [0.1, 0.15) is 23.9 Å². The molecule has 0 spiro atoms. The van der Waals surface area contributed by atoms with E-state index in [0.29, 0.717) is 25.6 Å². The van der Waals surface area contributed by atoms with E-state index in [1.54, 1.807) is 0 Å². The summed E-state index contributed by atoms with van der Waals surface area (Å²) in [6, 6.07) is 22.1. The number of amides is 1. The Kier molecular flexibility index (Phi) is 7.70. The van der Waals surface area contributed by atoms with E-state index in [-0.39, 0.29) is 12.5 Å². The van der Waals surface area contributed by atoms with Crippen LogP contribution in [-0.2, 0) is 17.9 Å². The lowest BCUT2D eigenvalue weighted by Crippen LogP contribution is -2.30. The van der Waals surface area contributed by atoms with E-state index < -0.39 is 0 Å². The number of rotatable bonds is 10. The van der Waals surface area contributed by atoms with Crippen LogP contribution in [0.25, 0.3) is 11.0 Å². The summed E-state index contributed by atoms with van der Waals surface area (Å²) in [5.41, 5.74) is 5.21. The number of hydrogen-bond acceptors (Lipinski definition) is 4. The standard InChI is InChI=1S/C29H33N3O3/c1-20(2)23-9-5-8-12-26(23)34-16-15-32-25-11-7-6-10-24(25)31-28(32)18-30-29(33)19-35-27-17-21(3)13-14-22(27)4/h5-14,17,20H,15-16,18-19H2,1-4H3,(H,30,33). The van der Waals surface area contributed by atoms with Crippen molar-refractivity contribution >= 4 is 16.9 Å². The lowest BCUT2D eigenvalue weighted by Gasteiger charge is -2.15. The molecule has 6 nitrogen and oxygen atoms in total. The molecular weight excluding hydrogens is 438 g/mol. The molecule has 0 saturated carbocycles. The van der Waals surface area contributed by atoms with E-state index in [2.05, 4.69) is 29.8 Å². The minimum atomic E-state index is -0.188. The van der Waals surface area contributed by atoms with Crippen molar-refractivity contribution < 1.29 is 14.3 Å². The Balaban J connectivity index is 1.41. The highest BCUT2D eigenvalue weighted by molar-refractivity contribution is 5.78. The number of carbonyl (C=O) groups is 1. The van der Waals surface area contributed by atoms with Crippen LogP contribution < -0.4 is 14.8 Å². The Morgan fingerprint density at radius 2 is 1.74 bits per heavy atom. The van der Waals surface area contributed by atoms with Gasteiger partial charge in [-0.2, -0.15) is 0 Å². The van der Waals surface area contributed by atoms with Crippen molar-refractivity contribution in [1.82, 2.24) is 14.9 Å². The number of para-hydroxylation sites is 3. The Labute approximate surface area is 206 Å². The smallest absolute Gasteiger partial charge is 0.258 e. The van der Waals surface area contributed by atoms with Crippen molar-refractivity contribution in [2.45, 2.75) is 46.7 Å². The van der Waals surface area contributed by atoms with Crippen molar-refractivity contribution in [3.63, 3.8) is 0 Å². The Hall–Kier alpha value is -3.80. The number of imidazole rings is 1. The molecule has 0 unspecified atom stereocenters. The van der Waals surface area contributed by atoms with Crippen LogP contribution in [0.4, 0.5) is 0 Å². The number of nitrogens with zero attached hydrogens (tertiary/aromatic N) is 2. The zero-order chi connectivity index (χ0) is 24.8. The van der Waals surface area contributed by atoms with Crippen LogP contribution >= 0.6 is 0 Å². The van der Waals surface area contributed by atoms with Crippen LogP contribution in [0.15, 0.2) is 66.7 Å². The largest absolute Gasteiger partial charge is 0.491 e. The SMILES string of the molecule is Cc1ccc(C)c(OCC(=O)NCc2nc3ccccc3n2CCOc2ccccc2C(C)C)c1. The topological polar surface area (TPSA) is 65.4 Å². The zero-order valence-corrected chi connectivity index (χ0v) is 20.9. The van der Waals surface area contributed by atoms with Gasteiger partial charge in [-0.05, 0) is 60.7 Å². The molecule has 0 atom stereocenters. The summed E-state index contributed by atoms with van der Waals surface area (Å²) >= 11 is 0. The molecule has 0 bridgehead atoms. The lowest BCUT2D eigenvalue weighted by molar-refractivity contribution is -0.123. The molecule has 3 aromatic carbocycles. The molecule has 0 saturated heterocycles. The fourth-order valence-electron chi connectivity index (χ4n) is 4.08. The Morgan fingerprint density at radius 3 is 2.57 bits per heavy atom. The first kappa shape index (κ1) is 24.3. The molecule has 1 amide bonds. The fraction of sp³-hybridized carbons (Fsp3) is 0.310. The summed E-state index contributed by atoms with van der Waals surface area (Å²) in [5, 5.41) is 2.95. The van der Waals surface area contributed by atoms with E-state index in [0.717, 1.165) is 39.5 Å². The molecular formula is C29H33N3O3. The highest BCUT2D eigenvalue weighted by Gasteiger charge is 2.13. The van der Waals surface area contributed by atoms with Crippen LogP contribution in [0.1, 0.15) is 42.3 Å². The normalized spacial score (nSPS) is 11.1. The third-order valence-electron chi connectivity index (χ3n) is 5.99. The summed E-state index contributed by atoms with van der Waals surface area (Å²) in [6.07, 6.45) is 0. The molecule has 6 heteroatoms. The van der Waals surface area contributed by atoms with Crippen molar-refractivity contribution in [2.75, 3.05) is 13.2 Å². The van der Waals surface area contributed by atoms with Crippen molar-refractivity contribution in [1.29, 1.82) is 0 Å². The third kappa shape index (κ3) is 6.01. The second kappa shape index (κ2) is 11.1. The summed E-state index contributed by atoms with van der Waals surface area (Å²) in [7, 11) is 0. The number of hydrogen-bond donors (Lipinski definition) is 1. The van der Waals surface area contributed by atoms with Gasteiger partial charge in [-0.1, -0.05) is 56.3 Å². The molecule has 0 radical (unpaired) electrons. The van der Waals surface area contributed by atoms with Gasteiger partial charge in [0.2, 0.25) is 0 Å². The van der Waals surface area contributed by atoms with Gasteiger partial charge < -0.3 is 19.4 Å². The maximum absolute atomic E-state index is 12.5.